The maximum Gasteiger partial charge on any atom is 0.169 e. The second-order valence-electron chi connectivity index (χ2n) is 5.63. The van der Waals surface area contributed by atoms with Crippen LogP contribution in [0.5, 0.6) is 0 Å². The molecule has 0 N–H and O–H groups in total. The van der Waals surface area contributed by atoms with Crippen LogP contribution in [-0.2, 0) is 0 Å². The van der Waals surface area contributed by atoms with Crippen LogP contribution in [-0.4, -0.2) is 5.78 Å². The van der Waals surface area contributed by atoms with Gasteiger partial charge in [0.2, 0.25) is 0 Å². The molecule has 17 heavy (non-hydrogen) atoms. The lowest BCUT2D eigenvalue weighted by molar-refractivity contribution is 0.0693. The van der Waals surface area contributed by atoms with E-state index in [9.17, 15) is 9.18 Å². The summed E-state index contributed by atoms with van der Waals surface area (Å²) in [7, 11) is 0. The van der Waals surface area contributed by atoms with Crippen LogP contribution in [0, 0.1) is 17.2 Å². The maximum atomic E-state index is 13.6. The predicted octanol–water partition coefficient (Wildman–Crippen LogP) is 4.22. The summed E-state index contributed by atoms with van der Waals surface area (Å²) in [5.74, 6) is -0.445. The number of hydrogen-bond donors (Lipinski definition) is 0. The van der Waals surface area contributed by atoms with Crippen molar-refractivity contribution in [2.75, 3.05) is 0 Å². The molecule has 2 rings (SSSR count). The van der Waals surface area contributed by atoms with E-state index < -0.39 is 0 Å². The molecule has 0 saturated heterocycles. The zero-order chi connectivity index (χ0) is 12.5. The number of carbonyl (C=O) groups excluding carboxylic acids is 1. The zero-order valence-corrected chi connectivity index (χ0v) is 10.5. The summed E-state index contributed by atoms with van der Waals surface area (Å²) in [6.07, 6.45) is 4.19. The molecule has 0 aromatic heterocycles. The molecule has 1 unspecified atom stereocenters. The van der Waals surface area contributed by atoms with Gasteiger partial charge in [0.05, 0.1) is 5.56 Å². The molecule has 0 aliphatic heterocycles. The minimum atomic E-state index is -0.390. The summed E-state index contributed by atoms with van der Waals surface area (Å²) in [5, 5.41) is 0. The maximum absolute atomic E-state index is 13.6. The molecule has 2 heteroatoms. The topological polar surface area (TPSA) is 17.1 Å². The van der Waals surface area contributed by atoms with Gasteiger partial charge in [-0.1, -0.05) is 38.8 Å². The molecule has 0 bridgehead atoms. The number of carbonyl (C=O) groups is 1. The first-order valence-corrected chi connectivity index (χ1v) is 6.31. The van der Waals surface area contributed by atoms with E-state index in [0.29, 0.717) is 0 Å². The van der Waals surface area contributed by atoms with Crippen LogP contribution in [0.1, 0.15) is 49.9 Å². The van der Waals surface area contributed by atoms with Crippen molar-refractivity contribution < 1.29 is 9.18 Å². The molecule has 1 nitrogen and oxygen atoms in total. The molecular weight excluding hydrogens is 215 g/mol. The molecule has 1 aromatic carbocycles. The fourth-order valence-corrected chi connectivity index (χ4v) is 2.83. The lowest BCUT2D eigenvalue weighted by Gasteiger charge is -2.37. The Hall–Kier alpha value is -1.18. The van der Waals surface area contributed by atoms with Gasteiger partial charge < -0.3 is 0 Å². The van der Waals surface area contributed by atoms with E-state index in [1.165, 1.54) is 12.5 Å². The van der Waals surface area contributed by atoms with Crippen LogP contribution in [0.4, 0.5) is 4.39 Å². The van der Waals surface area contributed by atoms with E-state index in [1.54, 1.807) is 18.2 Å². The molecule has 1 fully saturated rings. The number of halogens is 1. The largest absolute Gasteiger partial charge is 0.294 e. The van der Waals surface area contributed by atoms with Crippen LogP contribution in [0.15, 0.2) is 24.3 Å². The fourth-order valence-electron chi connectivity index (χ4n) is 2.83. The number of ketones is 1. The van der Waals surface area contributed by atoms with Gasteiger partial charge >= 0.3 is 0 Å². The van der Waals surface area contributed by atoms with Crippen LogP contribution in [0.25, 0.3) is 0 Å². The van der Waals surface area contributed by atoms with Gasteiger partial charge in [0, 0.05) is 5.92 Å². The number of benzene rings is 1. The van der Waals surface area contributed by atoms with Gasteiger partial charge in [0.15, 0.2) is 5.78 Å². The molecule has 92 valence electrons. The highest BCUT2D eigenvalue weighted by Crippen LogP contribution is 2.42. The van der Waals surface area contributed by atoms with Crippen molar-refractivity contribution in [2.24, 2.45) is 11.3 Å². The second-order valence-corrected chi connectivity index (χ2v) is 5.63. The molecule has 0 heterocycles. The third kappa shape index (κ3) is 2.41. The lowest BCUT2D eigenvalue weighted by atomic mass is 9.66. The van der Waals surface area contributed by atoms with Crippen LogP contribution in [0.2, 0.25) is 0 Å². The Kier molecular flexibility index (Phi) is 3.32. The van der Waals surface area contributed by atoms with Gasteiger partial charge in [-0.2, -0.15) is 0 Å². The summed E-state index contributed by atoms with van der Waals surface area (Å²) in [6, 6.07) is 6.32. The first kappa shape index (κ1) is 12.3. The summed E-state index contributed by atoms with van der Waals surface area (Å²) in [6.45, 7) is 4.24. The van der Waals surface area contributed by atoms with E-state index in [0.717, 1.165) is 19.3 Å². The number of Topliss-reactive ketones (excluding diaryl/α,β-unsaturated/α-hetero) is 1. The third-order valence-electron chi connectivity index (χ3n) is 3.96. The average Bonchev–Trinajstić information content (AvgIpc) is 2.28. The monoisotopic (exact) mass is 234 g/mol. The van der Waals surface area contributed by atoms with Gasteiger partial charge in [-0.05, 0) is 30.4 Å². The van der Waals surface area contributed by atoms with E-state index in [-0.39, 0.29) is 28.5 Å². The normalized spacial score (nSPS) is 23.4. The quantitative estimate of drug-likeness (QED) is 0.700. The first-order chi connectivity index (χ1) is 8.02. The van der Waals surface area contributed by atoms with Gasteiger partial charge in [0.25, 0.3) is 0 Å². The Labute approximate surface area is 102 Å². The molecule has 1 aliphatic carbocycles. The first-order valence-electron chi connectivity index (χ1n) is 6.31. The van der Waals surface area contributed by atoms with Crippen LogP contribution < -0.4 is 0 Å². The zero-order valence-electron chi connectivity index (χ0n) is 10.5. The highest BCUT2D eigenvalue weighted by Gasteiger charge is 2.37. The summed E-state index contributed by atoms with van der Waals surface area (Å²) < 4.78 is 13.6. The highest BCUT2D eigenvalue weighted by molar-refractivity contribution is 5.98. The Morgan fingerprint density at radius 2 is 2.00 bits per heavy atom. The average molecular weight is 234 g/mol. The highest BCUT2D eigenvalue weighted by atomic mass is 19.1. The number of hydrogen-bond acceptors (Lipinski definition) is 1. The van der Waals surface area contributed by atoms with Gasteiger partial charge in [-0.3, -0.25) is 4.79 Å². The molecule has 1 atom stereocenters. The van der Waals surface area contributed by atoms with Crippen molar-refractivity contribution in [3.05, 3.63) is 35.6 Å². The summed E-state index contributed by atoms with van der Waals surface area (Å²) in [4.78, 5) is 12.4. The Morgan fingerprint density at radius 3 is 2.65 bits per heavy atom. The van der Waals surface area contributed by atoms with E-state index in [4.69, 9.17) is 0 Å². The van der Waals surface area contributed by atoms with Crippen LogP contribution in [0.3, 0.4) is 0 Å². The van der Waals surface area contributed by atoms with E-state index in [1.807, 2.05) is 0 Å². The molecule has 0 amide bonds. The summed E-state index contributed by atoms with van der Waals surface area (Å²) >= 11 is 0. The SMILES string of the molecule is CC1(C)CCCCC1C(=O)c1ccccc1F. The molecule has 1 saturated carbocycles. The van der Waals surface area contributed by atoms with Crippen molar-refractivity contribution in [1.29, 1.82) is 0 Å². The Morgan fingerprint density at radius 1 is 1.29 bits per heavy atom. The smallest absolute Gasteiger partial charge is 0.169 e. The standard InChI is InChI=1S/C15H19FO/c1-15(2)10-6-5-8-12(15)14(17)11-7-3-4-9-13(11)16/h3-4,7,9,12H,5-6,8,10H2,1-2H3. The van der Waals surface area contributed by atoms with Gasteiger partial charge in [-0.15, -0.1) is 0 Å². The molecule has 1 aromatic rings. The van der Waals surface area contributed by atoms with Crippen molar-refractivity contribution >= 4 is 5.78 Å². The van der Waals surface area contributed by atoms with Gasteiger partial charge in [0.1, 0.15) is 5.82 Å². The molecule has 0 spiro atoms. The van der Waals surface area contributed by atoms with Crippen molar-refractivity contribution in [2.45, 2.75) is 39.5 Å². The fraction of sp³-hybridized carbons (Fsp3) is 0.533. The Bertz CT molecular complexity index is 423. The predicted molar refractivity (Wildman–Crippen MR) is 66.5 cm³/mol. The lowest BCUT2D eigenvalue weighted by Crippen LogP contribution is -2.34. The van der Waals surface area contributed by atoms with Crippen LogP contribution >= 0.6 is 0 Å². The van der Waals surface area contributed by atoms with E-state index >= 15 is 0 Å². The minimum Gasteiger partial charge on any atom is -0.294 e. The second kappa shape index (κ2) is 4.59. The molecule has 1 aliphatic rings. The summed E-state index contributed by atoms with van der Waals surface area (Å²) in [5.41, 5.74) is 0.255. The van der Waals surface area contributed by atoms with Crippen molar-refractivity contribution in [3.8, 4) is 0 Å². The third-order valence-corrected chi connectivity index (χ3v) is 3.96. The molecule has 0 radical (unpaired) electrons. The van der Waals surface area contributed by atoms with Gasteiger partial charge in [-0.25, -0.2) is 4.39 Å². The van der Waals surface area contributed by atoms with Crippen molar-refractivity contribution in [1.82, 2.24) is 0 Å². The Balaban J connectivity index is 2.28. The number of rotatable bonds is 2. The molecular formula is C15H19FO. The van der Waals surface area contributed by atoms with Crippen molar-refractivity contribution in [3.63, 3.8) is 0 Å². The minimum absolute atomic E-state index is 0.00237. The van der Waals surface area contributed by atoms with E-state index in [2.05, 4.69) is 13.8 Å².